The van der Waals surface area contributed by atoms with E-state index < -0.39 is 5.60 Å². The second kappa shape index (κ2) is 6.02. The van der Waals surface area contributed by atoms with Crippen LogP contribution in [0.15, 0.2) is 0 Å². The molecule has 0 aromatic heterocycles. The summed E-state index contributed by atoms with van der Waals surface area (Å²) >= 11 is 0. The van der Waals surface area contributed by atoms with Crippen LogP contribution in [0.3, 0.4) is 0 Å². The molecule has 106 valence electrons. The number of aliphatic hydroxyl groups is 1. The fraction of sp³-hybridized carbons (Fsp3) is 0.929. The summed E-state index contributed by atoms with van der Waals surface area (Å²) in [6.45, 7) is 9.98. The van der Waals surface area contributed by atoms with Gasteiger partial charge in [0.2, 0.25) is 5.91 Å². The highest BCUT2D eigenvalue weighted by Gasteiger charge is 2.35. The van der Waals surface area contributed by atoms with Crippen LogP contribution in [0.4, 0.5) is 0 Å². The number of piperidine rings is 1. The first kappa shape index (κ1) is 15.4. The number of amides is 1. The van der Waals surface area contributed by atoms with Crippen LogP contribution in [0.1, 0.15) is 47.0 Å². The van der Waals surface area contributed by atoms with Gasteiger partial charge < -0.3 is 15.7 Å². The van der Waals surface area contributed by atoms with Gasteiger partial charge in [-0.1, -0.05) is 13.8 Å². The van der Waals surface area contributed by atoms with Gasteiger partial charge >= 0.3 is 0 Å². The van der Waals surface area contributed by atoms with Gasteiger partial charge in [-0.15, -0.1) is 0 Å². The van der Waals surface area contributed by atoms with E-state index in [2.05, 4.69) is 24.5 Å². The summed E-state index contributed by atoms with van der Waals surface area (Å²) in [4.78, 5) is 12.2. The normalized spacial score (nSPS) is 27.9. The second-order valence-corrected chi connectivity index (χ2v) is 6.62. The summed E-state index contributed by atoms with van der Waals surface area (Å²) in [5.74, 6) is 0.475. The smallest absolute Gasteiger partial charge is 0.227 e. The van der Waals surface area contributed by atoms with Gasteiger partial charge in [-0.25, -0.2) is 0 Å². The van der Waals surface area contributed by atoms with Crippen molar-refractivity contribution in [1.82, 2.24) is 10.6 Å². The molecule has 1 rings (SSSR count). The summed E-state index contributed by atoms with van der Waals surface area (Å²) in [7, 11) is 0. The fourth-order valence-electron chi connectivity index (χ4n) is 2.69. The van der Waals surface area contributed by atoms with Crippen LogP contribution in [0.5, 0.6) is 0 Å². The zero-order valence-electron chi connectivity index (χ0n) is 12.2. The molecule has 0 aliphatic carbocycles. The fourth-order valence-corrected chi connectivity index (χ4v) is 2.69. The molecule has 1 aliphatic rings. The SMILES string of the molecule is CC(C)CC(C)(O)CNC(=O)C1(C)CCCNC1. The Bertz CT molecular complexity index is 282. The highest BCUT2D eigenvalue weighted by atomic mass is 16.3. The van der Waals surface area contributed by atoms with Crippen molar-refractivity contribution < 1.29 is 9.90 Å². The molecule has 2 atom stereocenters. The van der Waals surface area contributed by atoms with Gasteiger partial charge in [0.05, 0.1) is 11.0 Å². The largest absolute Gasteiger partial charge is 0.388 e. The van der Waals surface area contributed by atoms with Crippen molar-refractivity contribution in [1.29, 1.82) is 0 Å². The highest BCUT2D eigenvalue weighted by Crippen LogP contribution is 2.25. The Morgan fingerprint density at radius 3 is 2.72 bits per heavy atom. The Morgan fingerprint density at radius 1 is 1.56 bits per heavy atom. The van der Waals surface area contributed by atoms with Crippen molar-refractivity contribution in [2.75, 3.05) is 19.6 Å². The Balaban J connectivity index is 2.45. The summed E-state index contributed by atoms with van der Waals surface area (Å²) < 4.78 is 0. The molecule has 0 spiro atoms. The van der Waals surface area contributed by atoms with E-state index >= 15 is 0 Å². The molecule has 3 N–H and O–H groups in total. The minimum absolute atomic E-state index is 0.0544. The number of hydrogen-bond donors (Lipinski definition) is 3. The van der Waals surface area contributed by atoms with E-state index in [1.165, 1.54) is 0 Å². The number of rotatable bonds is 5. The molecule has 0 saturated carbocycles. The van der Waals surface area contributed by atoms with Crippen molar-refractivity contribution in [2.45, 2.75) is 52.6 Å². The minimum atomic E-state index is -0.817. The summed E-state index contributed by atoms with van der Waals surface area (Å²) in [6, 6.07) is 0. The summed E-state index contributed by atoms with van der Waals surface area (Å²) in [6.07, 6.45) is 2.65. The van der Waals surface area contributed by atoms with E-state index in [0.717, 1.165) is 25.9 Å². The zero-order chi connectivity index (χ0) is 13.8. The lowest BCUT2D eigenvalue weighted by Crippen LogP contribution is -2.51. The first-order valence-electron chi connectivity index (χ1n) is 6.97. The Kier molecular flexibility index (Phi) is 5.17. The third kappa shape index (κ3) is 4.58. The molecule has 0 bridgehead atoms. The van der Waals surface area contributed by atoms with Gasteiger partial charge in [-0.3, -0.25) is 4.79 Å². The number of hydrogen-bond acceptors (Lipinski definition) is 3. The molecule has 4 heteroatoms. The van der Waals surface area contributed by atoms with Crippen LogP contribution >= 0.6 is 0 Å². The van der Waals surface area contributed by atoms with Crippen molar-refractivity contribution in [3.05, 3.63) is 0 Å². The molecule has 4 nitrogen and oxygen atoms in total. The molecule has 0 aromatic carbocycles. The van der Waals surface area contributed by atoms with E-state index in [9.17, 15) is 9.90 Å². The maximum atomic E-state index is 12.2. The van der Waals surface area contributed by atoms with E-state index in [0.29, 0.717) is 18.9 Å². The third-order valence-corrected chi connectivity index (χ3v) is 3.62. The van der Waals surface area contributed by atoms with Crippen molar-refractivity contribution in [3.8, 4) is 0 Å². The minimum Gasteiger partial charge on any atom is -0.388 e. The van der Waals surface area contributed by atoms with Crippen LogP contribution in [-0.4, -0.2) is 36.2 Å². The molecule has 1 amide bonds. The average Bonchev–Trinajstić information content (AvgIpc) is 2.25. The molecular formula is C14H28N2O2. The third-order valence-electron chi connectivity index (χ3n) is 3.62. The lowest BCUT2D eigenvalue weighted by molar-refractivity contribution is -0.132. The topological polar surface area (TPSA) is 61.4 Å². The summed E-state index contributed by atoms with van der Waals surface area (Å²) in [5, 5.41) is 16.4. The van der Waals surface area contributed by atoms with E-state index in [-0.39, 0.29) is 11.3 Å². The van der Waals surface area contributed by atoms with Gasteiger partial charge in [0.1, 0.15) is 0 Å². The summed E-state index contributed by atoms with van der Waals surface area (Å²) in [5.41, 5.74) is -1.14. The molecule has 1 fully saturated rings. The van der Waals surface area contributed by atoms with Gasteiger partial charge in [0.25, 0.3) is 0 Å². The van der Waals surface area contributed by atoms with Gasteiger partial charge in [-0.2, -0.15) is 0 Å². The predicted molar refractivity (Wildman–Crippen MR) is 73.3 cm³/mol. The van der Waals surface area contributed by atoms with Crippen molar-refractivity contribution >= 4 is 5.91 Å². The van der Waals surface area contributed by atoms with E-state index in [1.54, 1.807) is 6.92 Å². The molecule has 0 aromatic rings. The lowest BCUT2D eigenvalue weighted by atomic mass is 9.81. The van der Waals surface area contributed by atoms with Crippen LogP contribution in [0.25, 0.3) is 0 Å². The van der Waals surface area contributed by atoms with Gasteiger partial charge in [0.15, 0.2) is 0 Å². The maximum Gasteiger partial charge on any atom is 0.227 e. The average molecular weight is 256 g/mol. The number of carbonyl (C=O) groups excluding carboxylic acids is 1. The van der Waals surface area contributed by atoms with Gasteiger partial charge in [-0.05, 0) is 45.6 Å². The molecule has 18 heavy (non-hydrogen) atoms. The molecule has 1 saturated heterocycles. The maximum absolute atomic E-state index is 12.2. The molecular weight excluding hydrogens is 228 g/mol. The Morgan fingerprint density at radius 2 is 2.22 bits per heavy atom. The Hall–Kier alpha value is -0.610. The van der Waals surface area contributed by atoms with Crippen molar-refractivity contribution in [3.63, 3.8) is 0 Å². The van der Waals surface area contributed by atoms with Crippen LogP contribution in [0.2, 0.25) is 0 Å². The number of nitrogens with one attached hydrogen (secondary N) is 2. The quantitative estimate of drug-likeness (QED) is 0.694. The zero-order valence-corrected chi connectivity index (χ0v) is 12.2. The standard InChI is InChI=1S/C14H28N2O2/c1-11(2)8-14(4,18)10-16-12(17)13(3)6-5-7-15-9-13/h11,15,18H,5-10H2,1-4H3,(H,16,17). The number of carbonyl (C=O) groups is 1. The first-order valence-corrected chi connectivity index (χ1v) is 6.97. The van der Waals surface area contributed by atoms with Crippen LogP contribution < -0.4 is 10.6 Å². The van der Waals surface area contributed by atoms with E-state index in [4.69, 9.17) is 0 Å². The van der Waals surface area contributed by atoms with E-state index in [1.807, 2.05) is 6.92 Å². The molecule has 0 radical (unpaired) electrons. The predicted octanol–water partition coefficient (Wildman–Crippen LogP) is 1.29. The molecule has 1 heterocycles. The second-order valence-electron chi connectivity index (χ2n) is 6.62. The highest BCUT2D eigenvalue weighted by molar-refractivity contribution is 5.82. The molecule has 1 aliphatic heterocycles. The monoisotopic (exact) mass is 256 g/mol. The van der Waals surface area contributed by atoms with Crippen molar-refractivity contribution in [2.24, 2.45) is 11.3 Å². The van der Waals surface area contributed by atoms with Crippen LogP contribution in [0, 0.1) is 11.3 Å². The van der Waals surface area contributed by atoms with Crippen LogP contribution in [-0.2, 0) is 4.79 Å². The molecule has 2 unspecified atom stereocenters. The first-order chi connectivity index (χ1) is 8.25. The Labute approximate surface area is 111 Å². The lowest BCUT2D eigenvalue weighted by Gasteiger charge is -2.34. The van der Waals surface area contributed by atoms with Gasteiger partial charge in [0, 0.05) is 13.1 Å².